The van der Waals surface area contributed by atoms with Crippen molar-refractivity contribution < 1.29 is 19.1 Å². The molecule has 8 heteroatoms. The van der Waals surface area contributed by atoms with Gasteiger partial charge in [0.15, 0.2) is 0 Å². The zero-order valence-electron chi connectivity index (χ0n) is 14.2. The first-order valence-corrected chi connectivity index (χ1v) is 9.88. The van der Waals surface area contributed by atoms with Crippen molar-refractivity contribution in [3.8, 4) is 11.3 Å². The predicted octanol–water partition coefficient (Wildman–Crippen LogP) is 5.06. The number of carboxylic acid groups (broad SMARTS) is 1. The first-order chi connectivity index (χ1) is 13.0. The fraction of sp³-hybridized carbons (Fsp3) is 0.211. The van der Waals surface area contributed by atoms with Gasteiger partial charge in [-0.2, -0.15) is 0 Å². The van der Waals surface area contributed by atoms with Crippen molar-refractivity contribution in [2.75, 3.05) is 6.54 Å². The van der Waals surface area contributed by atoms with Gasteiger partial charge in [0.2, 0.25) is 0 Å². The molecule has 1 amide bonds. The maximum atomic E-state index is 12.5. The van der Waals surface area contributed by atoms with Crippen molar-refractivity contribution in [1.29, 1.82) is 0 Å². The second-order valence-electron chi connectivity index (χ2n) is 5.87. The highest BCUT2D eigenvalue weighted by molar-refractivity contribution is 8.26. The van der Waals surface area contributed by atoms with E-state index in [1.165, 1.54) is 16.7 Å². The SMILES string of the molecule is O=C(O)CCCCN1C(=O)/C(=C/c2ccc(-c3ccccc3Cl)o2)SC1=S. The van der Waals surface area contributed by atoms with Crippen LogP contribution in [0.2, 0.25) is 5.02 Å². The molecule has 27 heavy (non-hydrogen) atoms. The summed E-state index contributed by atoms with van der Waals surface area (Å²) in [6, 6.07) is 10.9. The summed E-state index contributed by atoms with van der Waals surface area (Å²) in [6.07, 6.45) is 2.84. The molecule has 0 unspecified atom stereocenters. The van der Waals surface area contributed by atoms with Crippen LogP contribution in [0.4, 0.5) is 0 Å². The summed E-state index contributed by atoms with van der Waals surface area (Å²) in [7, 11) is 0. The summed E-state index contributed by atoms with van der Waals surface area (Å²) in [6.45, 7) is 0.415. The Morgan fingerprint density at radius 2 is 2.04 bits per heavy atom. The van der Waals surface area contributed by atoms with Crippen molar-refractivity contribution in [1.82, 2.24) is 4.90 Å². The second-order valence-corrected chi connectivity index (χ2v) is 7.95. The van der Waals surface area contributed by atoms with Gasteiger partial charge in [0.05, 0.1) is 9.93 Å². The van der Waals surface area contributed by atoms with Crippen molar-refractivity contribution >= 4 is 57.9 Å². The minimum Gasteiger partial charge on any atom is -0.481 e. The van der Waals surface area contributed by atoms with Crippen LogP contribution in [0, 0.1) is 0 Å². The largest absolute Gasteiger partial charge is 0.481 e. The van der Waals surface area contributed by atoms with E-state index in [4.69, 9.17) is 33.3 Å². The molecule has 5 nitrogen and oxygen atoms in total. The molecule has 0 spiro atoms. The summed E-state index contributed by atoms with van der Waals surface area (Å²) < 4.78 is 6.27. The summed E-state index contributed by atoms with van der Waals surface area (Å²) in [5.41, 5.74) is 0.782. The molecule has 1 aromatic carbocycles. The van der Waals surface area contributed by atoms with E-state index in [1.54, 1.807) is 24.3 Å². The van der Waals surface area contributed by atoms with Crippen LogP contribution in [0.1, 0.15) is 25.0 Å². The number of furan rings is 1. The molecule has 3 rings (SSSR count). The Labute approximate surface area is 171 Å². The number of carbonyl (C=O) groups excluding carboxylic acids is 1. The summed E-state index contributed by atoms with van der Waals surface area (Å²) in [5.74, 6) is 0.135. The second kappa shape index (κ2) is 8.73. The van der Waals surface area contributed by atoms with E-state index in [2.05, 4.69) is 0 Å². The number of thioether (sulfide) groups is 1. The van der Waals surface area contributed by atoms with Crippen molar-refractivity contribution in [2.24, 2.45) is 0 Å². The van der Waals surface area contributed by atoms with Gasteiger partial charge in [-0.25, -0.2) is 0 Å². The highest BCUT2D eigenvalue weighted by Gasteiger charge is 2.31. The van der Waals surface area contributed by atoms with Crippen LogP contribution in [0.15, 0.2) is 45.7 Å². The van der Waals surface area contributed by atoms with Crippen LogP contribution >= 0.6 is 35.6 Å². The van der Waals surface area contributed by atoms with Crippen LogP contribution in [-0.2, 0) is 9.59 Å². The van der Waals surface area contributed by atoms with Gasteiger partial charge < -0.3 is 9.52 Å². The number of unbranched alkanes of at least 4 members (excludes halogenated alkanes) is 1. The lowest BCUT2D eigenvalue weighted by atomic mass is 10.2. The van der Waals surface area contributed by atoms with Gasteiger partial charge in [0, 0.05) is 24.6 Å². The van der Waals surface area contributed by atoms with E-state index in [-0.39, 0.29) is 12.3 Å². The number of hydrogen-bond acceptors (Lipinski definition) is 5. The molecule has 0 bridgehead atoms. The molecule has 1 N–H and O–H groups in total. The predicted molar refractivity (Wildman–Crippen MR) is 111 cm³/mol. The summed E-state index contributed by atoms with van der Waals surface area (Å²) >= 11 is 12.7. The fourth-order valence-corrected chi connectivity index (χ4v) is 4.12. The summed E-state index contributed by atoms with van der Waals surface area (Å²) in [4.78, 5) is 25.1. The highest BCUT2D eigenvalue weighted by atomic mass is 35.5. The number of thiocarbonyl (C=S) groups is 1. The van der Waals surface area contributed by atoms with E-state index in [9.17, 15) is 9.59 Å². The zero-order valence-corrected chi connectivity index (χ0v) is 16.6. The number of amides is 1. The van der Waals surface area contributed by atoms with Gasteiger partial charge in [-0.15, -0.1) is 0 Å². The molecule has 140 valence electrons. The molecule has 2 aromatic rings. The fourth-order valence-electron chi connectivity index (χ4n) is 2.60. The van der Waals surface area contributed by atoms with E-state index >= 15 is 0 Å². The molecule has 1 saturated heterocycles. The van der Waals surface area contributed by atoms with Gasteiger partial charge in [0.1, 0.15) is 15.8 Å². The average molecular weight is 422 g/mol. The minimum absolute atomic E-state index is 0.0852. The Kier molecular flexibility index (Phi) is 6.36. The Bertz CT molecular complexity index is 922. The molecule has 0 aliphatic carbocycles. The van der Waals surface area contributed by atoms with Gasteiger partial charge in [-0.3, -0.25) is 14.5 Å². The number of rotatable bonds is 7. The Morgan fingerprint density at radius 3 is 2.78 bits per heavy atom. The normalized spacial score (nSPS) is 15.7. The molecular weight excluding hydrogens is 406 g/mol. The third kappa shape index (κ3) is 4.80. The first-order valence-electron chi connectivity index (χ1n) is 8.27. The number of benzene rings is 1. The lowest BCUT2D eigenvalue weighted by molar-refractivity contribution is -0.137. The van der Waals surface area contributed by atoms with Crippen LogP contribution in [-0.4, -0.2) is 32.7 Å². The van der Waals surface area contributed by atoms with E-state index in [0.717, 1.165) is 5.56 Å². The molecule has 1 aliphatic heterocycles. The van der Waals surface area contributed by atoms with E-state index < -0.39 is 5.97 Å². The van der Waals surface area contributed by atoms with Gasteiger partial charge >= 0.3 is 5.97 Å². The Morgan fingerprint density at radius 1 is 1.26 bits per heavy atom. The monoisotopic (exact) mass is 421 g/mol. The van der Waals surface area contributed by atoms with Crippen molar-refractivity contribution in [3.05, 3.63) is 52.1 Å². The Hall–Kier alpha value is -2.09. The third-order valence-corrected chi connectivity index (χ3v) is 5.64. The highest BCUT2D eigenvalue weighted by Crippen LogP contribution is 2.34. The smallest absolute Gasteiger partial charge is 0.303 e. The van der Waals surface area contributed by atoms with Crippen LogP contribution in [0.25, 0.3) is 17.4 Å². The third-order valence-electron chi connectivity index (χ3n) is 3.94. The lowest BCUT2D eigenvalue weighted by Gasteiger charge is -2.13. The molecule has 1 aliphatic rings. The zero-order chi connectivity index (χ0) is 19.4. The number of hydrogen-bond donors (Lipinski definition) is 1. The molecular formula is C19H16ClNO4S2. The first kappa shape index (κ1) is 19.7. The van der Waals surface area contributed by atoms with Gasteiger partial charge in [0.25, 0.3) is 5.91 Å². The molecule has 2 heterocycles. The summed E-state index contributed by atoms with van der Waals surface area (Å²) in [5, 5.41) is 9.27. The Balaban J connectivity index is 1.69. The maximum absolute atomic E-state index is 12.5. The maximum Gasteiger partial charge on any atom is 0.303 e. The van der Waals surface area contributed by atoms with Gasteiger partial charge in [-0.05, 0) is 37.1 Å². The molecule has 1 aromatic heterocycles. The standard InChI is InChI=1S/C19H16ClNO4S2/c20-14-6-2-1-5-13(14)15-9-8-12(25-15)11-16-18(24)21(19(26)27-16)10-4-3-7-17(22)23/h1-2,5-6,8-9,11H,3-4,7,10H2,(H,22,23)/b16-11-. The number of carboxylic acids is 1. The van der Waals surface area contributed by atoms with Crippen molar-refractivity contribution in [3.63, 3.8) is 0 Å². The number of carbonyl (C=O) groups is 2. The van der Waals surface area contributed by atoms with E-state index in [1.807, 2.05) is 18.2 Å². The van der Waals surface area contributed by atoms with Gasteiger partial charge in [-0.1, -0.05) is 47.7 Å². The average Bonchev–Trinajstić information content (AvgIpc) is 3.18. The van der Waals surface area contributed by atoms with Crippen molar-refractivity contribution in [2.45, 2.75) is 19.3 Å². The topological polar surface area (TPSA) is 70.8 Å². The molecule has 1 fully saturated rings. The molecule has 0 radical (unpaired) electrons. The van der Waals surface area contributed by atoms with E-state index in [0.29, 0.717) is 45.2 Å². The molecule has 0 saturated carbocycles. The van der Waals surface area contributed by atoms with Crippen LogP contribution in [0.5, 0.6) is 0 Å². The number of halogens is 1. The lowest BCUT2D eigenvalue weighted by Crippen LogP contribution is -2.29. The quantitative estimate of drug-likeness (QED) is 0.383. The number of aliphatic carboxylic acids is 1. The number of nitrogens with zero attached hydrogens (tertiary/aromatic N) is 1. The van der Waals surface area contributed by atoms with Crippen LogP contribution in [0.3, 0.4) is 0 Å². The minimum atomic E-state index is -0.840. The van der Waals surface area contributed by atoms with Crippen LogP contribution < -0.4 is 0 Å². The molecule has 0 atom stereocenters.